The number of unbranched alkanes of at least 4 members (excludes halogenated alkanes) is 15. The second-order valence-electron chi connectivity index (χ2n) is 15.2. The smallest absolute Gasteiger partial charge is 0.335 e. The average Bonchev–Trinajstić information content (AvgIpc) is 3.21. The number of esters is 2. The molecule has 0 bridgehead atoms. The van der Waals surface area contributed by atoms with Gasteiger partial charge in [-0.25, -0.2) is 4.79 Å². The molecule has 1 aliphatic heterocycles. The molecule has 4 N–H and O–H groups in total. The molecule has 58 heavy (non-hydrogen) atoms. The lowest BCUT2D eigenvalue weighted by Crippen LogP contribution is -2.60. The Kier molecular flexibility index (Phi) is 33.7. The summed E-state index contributed by atoms with van der Waals surface area (Å²) in [4.78, 5) is 36.8. The second kappa shape index (κ2) is 36.9. The highest BCUT2D eigenvalue weighted by atomic mass is 16.7. The van der Waals surface area contributed by atoms with E-state index in [1.54, 1.807) is 0 Å². The summed E-state index contributed by atoms with van der Waals surface area (Å²) in [6, 6.07) is 0. The quantitative estimate of drug-likeness (QED) is 0.0270. The predicted octanol–water partition coefficient (Wildman–Crippen LogP) is 9.53. The Balaban J connectivity index is 2.38. The SMILES string of the molecule is CC/C=C\C/C=C\C/C=C\CCCCCC(=O)OCC(COC1OC(C(=O)O)C(O)C(O)C1O)OC(=O)CCCCCCCCCCC/C=C\C/C=C\CCCCC. The van der Waals surface area contributed by atoms with E-state index in [0.29, 0.717) is 12.8 Å². The number of aliphatic carboxylic acids is 1. The third-order valence-electron chi connectivity index (χ3n) is 9.85. The van der Waals surface area contributed by atoms with Crippen LogP contribution in [0.5, 0.6) is 0 Å². The first-order chi connectivity index (χ1) is 28.2. The maximum atomic E-state index is 12.8. The number of carbonyl (C=O) groups excluding carboxylic acids is 2. The van der Waals surface area contributed by atoms with Crippen molar-refractivity contribution < 1.29 is 53.8 Å². The molecule has 332 valence electrons. The minimum absolute atomic E-state index is 0.169. The van der Waals surface area contributed by atoms with Crippen LogP contribution in [-0.2, 0) is 33.3 Å². The fourth-order valence-electron chi connectivity index (χ4n) is 6.33. The van der Waals surface area contributed by atoms with Crippen molar-refractivity contribution in [3.8, 4) is 0 Å². The van der Waals surface area contributed by atoms with E-state index in [4.69, 9.17) is 18.9 Å². The van der Waals surface area contributed by atoms with Crippen LogP contribution >= 0.6 is 0 Å². The molecule has 1 fully saturated rings. The normalized spacial score (nSPS) is 20.6. The lowest BCUT2D eigenvalue weighted by atomic mass is 9.99. The maximum Gasteiger partial charge on any atom is 0.335 e. The zero-order chi connectivity index (χ0) is 42.5. The summed E-state index contributed by atoms with van der Waals surface area (Å²) in [6.07, 6.45) is 35.6. The monoisotopic (exact) mass is 819 g/mol. The number of hydrogen-bond donors (Lipinski definition) is 4. The van der Waals surface area contributed by atoms with Crippen LogP contribution in [0.1, 0.15) is 168 Å². The van der Waals surface area contributed by atoms with Crippen molar-refractivity contribution in [3.05, 3.63) is 60.8 Å². The highest BCUT2D eigenvalue weighted by Gasteiger charge is 2.47. The summed E-state index contributed by atoms with van der Waals surface area (Å²) in [5.74, 6) is -2.49. The number of rotatable bonds is 36. The summed E-state index contributed by atoms with van der Waals surface area (Å²) in [6.45, 7) is 3.63. The number of hydrogen-bond acceptors (Lipinski definition) is 10. The molecule has 6 atom stereocenters. The molecule has 0 spiro atoms. The largest absolute Gasteiger partial charge is 0.479 e. The van der Waals surface area contributed by atoms with Crippen LogP contribution in [0.4, 0.5) is 0 Å². The van der Waals surface area contributed by atoms with E-state index < -0.39 is 61.3 Å². The van der Waals surface area contributed by atoms with Gasteiger partial charge >= 0.3 is 17.9 Å². The fraction of sp³-hybridized carbons (Fsp3) is 0.723. The van der Waals surface area contributed by atoms with Crippen molar-refractivity contribution in [2.75, 3.05) is 13.2 Å². The first-order valence-electron chi connectivity index (χ1n) is 22.3. The van der Waals surface area contributed by atoms with E-state index in [9.17, 15) is 34.8 Å². The lowest BCUT2D eigenvalue weighted by Gasteiger charge is -2.38. The summed E-state index contributed by atoms with van der Waals surface area (Å²) in [5, 5.41) is 39.8. The van der Waals surface area contributed by atoms with Crippen molar-refractivity contribution in [3.63, 3.8) is 0 Å². The van der Waals surface area contributed by atoms with Crippen LogP contribution in [0.3, 0.4) is 0 Å². The van der Waals surface area contributed by atoms with E-state index in [0.717, 1.165) is 70.6 Å². The summed E-state index contributed by atoms with van der Waals surface area (Å²) in [7, 11) is 0. The molecule has 1 rings (SSSR count). The van der Waals surface area contributed by atoms with Gasteiger partial charge in [-0.2, -0.15) is 0 Å². The average molecular weight is 819 g/mol. The summed E-state index contributed by atoms with van der Waals surface area (Å²) >= 11 is 0. The van der Waals surface area contributed by atoms with Crippen LogP contribution in [0.25, 0.3) is 0 Å². The van der Waals surface area contributed by atoms with Gasteiger partial charge in [0.1, 0.15) is 24.9 Å². The van der Waals surface area contributed by atoms with Crippen molar-refractivity contribution in [1.82, 2.24) is 0 Å². The van der Waals surface area contributed by atoms with Crippen molar-refractivity contribution in [1.29, 1.82) is 0 Å². The number of ether oxygens (including phenoxy) is 4. The second-order valence-corrected chi connectivity index (χ2v) is 15.2. The summed E-state index contributed by atoms with van der Waals surface area (Å²) < 4.78 is 21.7. The van der Waals surface area contributed by atoms with Gasteiger partial charge in [-0.15, -0.1) is 0 Å². The fourth-order valence-corrected chi connectivity index (χ4v) is 6.33. The summed E-state index contributed by atoms with van der Waals surface area (Å²) in [5.41, 5.74) is 0. The van der Waals surface area contributed by atoms with Gasteiger partial charge in [0.15, 0.2) is 18.5 Å². The van der Waals surface area contributed by atoms with Gasteiger partial charge < -0.3 is 39.4 Å². The lowest BCUT2D eigenvalue weighted by molar-refractivity contribution is -0.298. The van der Waals surface area contributed by atoms with Gasteiger partial charge in [-0.3, -0.25) is 9.59 Å². The molecule has 11 nitrogen and oxygen atoms in total. The molecular formula is C47H78O11. The van der Waals surface area contributed by atoms with Gasteiger partial charge in [-0.05, 0) is 77.0 Å². The number of aliphatic hydroxyl groups is 3. The molecule has 1 heterocycles. The number of allylic oxidation sites excluding steroid dienone is 10. The first kappa shape index (κ1) is 52.9. The van der Waals surface area contributed by atoms with Gasteiger partial charge in [-0.1, -0.05) is 139 Å². The number of carboxylic acids is 1. The third-order valence-corrected chi connectivity index (χ3v) is 9.85. The zero-order valence-electron chi connectivity index (χ0n) is 35.8. The van der Waals surface area contributed by atoms with Crippen LogP contribution in [-0.4, -0.2) is 88.4 Å². The molecule has 0 radical (unpaired) electrons. The molecule has 0 aromatic carbocycles. The predicted molar refractivity (Wildman–Crippen MR) is 229 cm³/mol. The molecule has 6 unspecified atom stereocenters. The molecule has 0 aromatic rings. The van der Waals surface area contributed by atoms with Crippen LogP contribution in [0.2, 0.25) is 0 Å². The number of carboxylic acid groups (broad SMARTS) is 1. The van der Waals surface area contributed by atoms with Crippen molar-refractivity contribution in [2.45, 2.75) is 205 Å². The molecule has 0 aliphatic carbocycles. The van der Waals surface area contributed by atoms with Crippen LogP contribution < -0.4 is 0 Å². The van der Waals surface area contributed by atoms with E-state index >= 15 is 0 Å². The highest BCUT2D eigenvalue weighted by Crippen LogP contribution is 2.23. The topological polar surface area (TPSA) is 169 Å². The minimum Gasteiger partial charge on any atom is -0.479 e. The van der Waals surface area contributed by atoms with Gasteiger partial charge in [0, 0.05) is 12.8 Å². The van der Waals surface area contributed by atoms with Gasteiger partial charge in [0.2, 0.25) is 0 Å². The van der Waals surface area contributed by atoms with E-state index in [1.807, 2.05) is 0 Å². The Hall–Kier alpha value is -3.09. The van der Waals surface area contributed by atoms with Gasteiger partial charge in [0.25, 0.3) is 0 Å². The first-order valence-corrected chi connectivity index (χ1v) is 22.3. The Morgan fingerprint density at radius 2 is 1.02 bits per heavy atom. The zero-order valence-corrected chi connectivity index (χ0v) is 35.8. The standard InChI is InChI=1S/C47H78O11/c1-3-5-7-9-11-13-15-17-18-19-20-21-22-24-26-28-30-32-34-36-41(49)57-39(38-56-47-44(52)42(50)43(51)45(58-47)46(53)54)37-55-40(48)35-33-31-29-27-25-23-16-14-12-10-8-6-4-2/h6,8,11-14,17-18,23,25,39,42-45,47,50-52H,3-5,7,9-10,15-16,19-22,24,26-38H2,1-2H3,(H,53,54)/b8-6-,13-11-,14-12-,18-17-,25-23-. The van der Waals surface area contributed by atoms with E-state index in [1.165, 1.54) is 57.8 Å². The van der Waals surface area contributed by atoms with Gasteiger partial charge in [0.05, 0.1) is 6.61 Å². The molecule has 0 aromatic heterocycles. The Morgan fingerprint density at radius 1 is 0.552 bits per heavy atom. The molecule has 1 saturated heterocycles. The number of carbonyl (C=O) groups is 3. The maximum absolute atomic E-state index is 12.8. The van der Waals surface area contributed by atoms with Crippen LogP contribution in [0.15, 0.2) is 60.8 Å². The number of aliphatic hydroxyl groups excluding tert-OH is 3. The molecular weight excluding hydrogens is 741 g/mol. The Bertz CT molecular complexity index is 1190. The molecule has 0 amide bonds. The Labute approximate surface area is 349 Å². The minimum atomic E-state index is -1.87. The molecule has 1 aliphatic rings. The van der Waals surface area contributed by atoms with E-state index in [2.05, 4.69) is 74.6 Å². The third kappa shape index (κ3) is 28.4. The molecule has 11 heteroatoms. The van der Waals surface area contributed by atoms with Crippen LogP contribution in [0, 0.1) is 0 Å². The highest BCUT2D eigenvalue weighted by molar-refractivity contribution is 5.73. The molecule has 0 saturated carbocycles. The van der Waals surface area contributed by atoms with Crippen molar-refractivity contribution >= 4 is 17.9 Å². The van der Waals surface area contributed by atoms with E-state index in [-0.39, 0.29) is 19.4 Å². The van der Waals surface area contributed by atoms with Crippen molar-refractivity contribution in [2.24, 2.45) is 0 Å². The Morgan fingerprint density at radius 3 is 1.55 bits per heavy atom.